The van der Waals surface area contributed by atoms with Crippen molar-refractivity contribution in [2.45, 2.75) is 46.6 Å². The van der Waals surface area contributed by atoms with Crippen LogP contribution in [0.1, 0.15) is 40.5 Å². The highest BCUT2D eigenvalue weighted by molar-refractivity contribution is 5.67. The molecule has 5 atom stereocenters. The van der Waals surface area contributed by atoms with Gasteiger partial charge in [0.05, 0.1) is 12.5 Å². The largest absolute Gasteiger partial charge is 0.481 e. The number of carboxylic acid groups (broad SMARTS) is 1. The second-order valence-corrected chi connectivity index (χ2v) is 6.43. The van der Waals surface area contributed by atoms with E-state index in [-0.39, 0.29) is 23.2 Å². The predicted molar refractivity (Wildman–Crippen MR) is 60.9 cm³/mol. The summed E-state index contributed by atoms with van der Waals surface area (Å²) in [4.78, 5) is 10.9. The van der Waals surface area contributed by atoms with Crippen molar-refractivity contribution in [3.63, 3.8) is 0 Å². The number of aliphatic hydroxyl groups is 1. The standard InChI is InChI=1S/C13H22O3/c1-7(2)13(4)8(5-10(14)15)11(16)12(3)6-9(12)13/h7-9,11,16H,5-6H2,1-4H3,(H,14,15)/t8-,9?,11-,12-,13+/m1/s1. The molecule has 0 aliphatic heterocycles. The third-order valence-electron chi connectivity index (χ3n) is 5.52. The van der Waals surface area contributed by atoms with E-state index in [2.05, 4.69) is 27.7 Å². The van der Waals surface area contributed by atoms with Gasteiger partial charge in [-0.25, -0.2) is 0 Å². The minimum absolute atomic E-state index is 0.0147. The fourth-order valence-corrected chi connectivity index (χ4v) is 4.05. The van der Waals surface area contributed by atoms with Crippen molar-refractivity contribution >= 4 is 5.97 Å². The van der Waals surface area contributed by atoms with E-state index in [1.165, 1.54) is 0 Å². The van der Waals surface area contributed by atoms with Crippen LogP contribution in [0.5, 0.6) is 0 Å². The Morgan fingerprint density at radius 3 is 2.44 bits per heavy atom. The molecule has 1 unspecified atom stereocenters. The summed E-state index contributed by atoms with van der Waals surface area (Å²) in [7, 11) is 0. The van der Waals surface area contributed by atoms with Crippen LogP contribution in [-0.2, 0) is 4.79 Å². The van der Waals surface area contributed by atoms with Crippen molar-refractivity contribution in [3.8, 4) is 0 Å². The van der Waals surface area contributed by atoms with E-state index in [0.717, 1.165) is 6.42 Å². The topological polar surface area (TPSA) is 57.5 Å². The molecule has 2 rings (SSSR count). The summed E-state index contributed by atoms with van der Waals surface area (Å²) in [5.41, 5.74) is -0.0360. The van der Waals surface area contributed by atoms with Crippen LogP contribution in [0.25, 0.3) is 0 Å². The lowest BCUT2D eigenvalue weighted by molar-refractivity contribution is -0.141. The van der Waals surface area contributed by atoms with E-state index in [4.69, 9.17) is 5.11 Å². The van der Waals surface area contributed by atoms with E-state index in [0.29, 0.717) is 11.8 Å². The van der Waals surface area contributed by atoms with Crippen molar-refractivity contribution in [2.75, 3.05) is 0 Å². The first-order valence-electron chi connectivity index (χ1n) is 6.14. The first-order chi connectivity index (χ1) is 7.24. The van der Waals surface area contributed by atoms with Gasteiger partial charge in [-0.3, -0.25) is 4.79 Å². The Balaban J connectivity index is 2.31. The lowest BCUT2D eigenvalue weighted by atomic mass is 9.66. The SMILES string of the molecule is CC(C)[C@]1(C)C2C[C@@]2(C)[C@H](O)[C@H]1CC(=O)O. The third kappa shape index (κ3) is 1.27. The van der Waals surface area contributed by atoms with Crippen LogP contribution in [-0.4, -0.2) is 22.3 Å². The Kier molecular flexibility index (Phi) is 2.40. The molecule has 92 valence electrons. The fraction of sp³-hybridized carbons (Fsp3) is 0.923. The van der Waals surface area contributed by atoms with Crippen molar-refractivity contribution < 1.29 is 15.0 Å². The Labute approximate surface area is 96.9 Å². The molecular weight excluding hydrogens is 204 g/mol. The molecular formula is C13H22O3. The molecule has 2 aliphatic carbocycles. The average Bonchev–Trinajstić information content (AvgIpc) is 2.82. The fourth-order valence-electron chi connectivity index (χ4n) is 4.05. The first-order valence-corrected chi connectivity index (χ1v) is 6.14. The Morgan fingerprint density at radius 1 is 1.44 bits per heavy atom. The van der Waals surface area contributed by atoms with Gasteiger partial charge in [-0.1, -0.05) is 27.7 Å². The molecule has 0 amide bonds. The third-order valence-corrected chi connectivity index (χ3v) is 5.52. The zero-order valence-electron chi connectivity index (χ0n) is 10.5. The molecule has 16 heavy (non-hydrogen) atoms. The number of carbonyl (C=O) groups is 1. The maximum absolute atomic E-state index is 10.9. The molecule has 0 spiro atoms. The van der Waals surface area contributed by atoms with Crippen molar-refractivity contribution in [2.24, 2.45) is 28.6 Å². The Hall–Kier alpha value is -0.570. The number of fused-ring (bicyclic) bond motifs is 1. The van der Waals surface area contributed by atoms with Gasteiger partial charge in [-0.15, -0.1) is 0 Å². The van der Waals surface area contributed by atoms with Gasteiger partial charge in [0, 0.05) is 5.92 Å². The van der Waals surface area contributed by atoms with Crippen LogP contribution in [0.2, 0.25) is 0 Å². The molecule has 2 aliphatic rings. The number of hydrogen-bond acceptors (Lipinski definition) is 2. The van der Waals surface area contributed by atoms with Gasteiger partial charge in [-0.05, 0) is 29.1 Å². The first kappa shape index (κ1) is 11.9. The van der Waals surface area contributed by atoms with Gasteiger partial charge < -0.3 is 10.2 Å². The second kappa shape index (κ2) is 3.22. The van der Waals surface area contributed by atoms with Gasteiger partial charge in [-0.2, -0.15) is 0 Å². The van der Waals surface area contributed by atoms with Crippen LogP contribution in [0.15, 0.2) is 0 Å². The van der Waals surface area contributed by atoms with Crippen LogP contribution >= 0.6 is 0 Å². The molecule has 2 saturated carbocycles. The molecule has 0 aromatic heterocycles. The van der Waals surface area contributed by atoms with Gasteiger partial charge in [0.15, 0.2) is 0 Å². The highest BCUT2D eigenvalue weighted by atomic mass is 16.4. The molecule has 0 bridgehead atoms. The molecule has 0 aromatic carbocycles. The molecule has 2 fully saturated rings. The molecule has 3 heteroatoms. The summed E-state index contributed by atoms with van der Waals surface area (Å²) in [6.07, 6.45) is 0.710. The summed E-state index contributed by atoms with van der Waals surface area (Å²) in [6.45, 7) is 8.56. The smallest absolute Gasteiger partial charge is 0.303 e. The van der Waals surface area contributed by atoms with Gasteiger partial charge in [0.1, 0.15) is 0 Å². The van der Waals surface area contributed by atoms with E-state index in [1.807, 2.05) is 0 Å². The normalized spacial score (nSPS) is 50.5. The number of aliphatic hydroxyl groups excluding tert-OH is 1. The van der Waals surface area contributed by atoms with Crippen LogP contribution in [0, 0.1) is 28.6 Å². The van der Waals surface area contributed by atoms with Gasteiger partial charge in [0.25, 0.3) is 0 Å². The maximum atomic E-state index is 10.9. The van der Waals surface area contributed by atoms with Gasteiger partial charge >= 0.3 is 5.97 Å². The van der Waals surface area contributed by atoms with Gasteiger partial charge in [0.2, 0.25) is 0 Å². The van der Waals surface area contributed by atoms with E-state index < -0.39 is 12.1 Å². The quantitative estimate of drug-likeness (QED) is 0.775. The van der Waals surface area contributed by atoms with Crippen molar-refractivity contribution in [3.05, 3.63) is 0 Å². The average molecular weight is 226 g/mol. The van der Waals surface area contributed by atoms with E-state index in [1.54, 1.807) is 0 Å². The summed E-state index contributed by atoms with van der Waals surface area (Å²) < 4.78 is 0. The molecule has 0 saturated heterocycles. The molecule has 3 nitrogen and oxygen atoms in total. The maximum Gasteiger partial charge on any atom is 0.303 e. The number of aliphatic carboxylic acids is 1. The van der Waals surface area contributed by atoms with Crippen LogP contribution < -0.4 is 0 Å². The van der Waals surface area contributed by atoms with Crippen LogP contribution in [0.3, 0.4) is 0 Å². The Morgan fingerprint density at radius 2 is 2.00 bits per heavy atom. The van der Waals surface area contributed by atoms with Crippen LogP contribution in [0.4, 0.5) is 0 Å². The van der Waals surface area contributed by atoms with E-state index in [9.17, 15) is 9.90 Å². The van der Waals surface area contributed by atoms with E-state index >= 15 is 0 Å². The summed E-state index contributed by atoms with van der Waals surface area (Å²) in [5, 5.41) is 19.3. The molecule has 2 N–H and O–H groups in total. The minimum Gasteiger partial charge on any atom is -0.481 e. The highest BCUT2D eigenvalue weighted by Gasteiger charge is 2.73. The zero-order valence-corrected chi connectivity index (χ0v) is 10.5. The molecule has 0 radical (unpaired) electrons. The summed E-state index contributed by atoms with van der Waals surface area (Å²) >= 11 is 0. The second-order valence-electron chi connectivity index (χ2n) is 6.43. The minimum atomic E-state index is -0.791. The highest BCUT2D eigenvalue weighted by Crippen LogP contribution is 2.75. The molecule has 0 aromatic rings. The monoisotopic (exact) mass is 226 g/mol. The lowest BCUT2D eigenvalue weighted by Gasteiger charge is -2.39. The number of hydrogen-bond donors (Lipinski definition) is 2. The zero-order chi connectivity index (χ0) is 12.3. The summed E-state index contributed by atoms with van der Waals surface area (Å²) in [5.74, 6) is 0.0368. The summed E-state index contributed by atoms with van der Waals surface area (Å²) in [6, 6.07) is 0. The number of rotatable bonds is 3. The van der Waals surface area contributed by atoms with Crippen molar-refractivity contribution in [1.82, 2.24) is 0 Å². The predicted octanol–water partition coefficient (Wildman–Crippen LogP) is 2.14. The Bertz CT molecular complexity index is 325. The van der Waals surface area contributed by atoms with Crippen molar-refractivity contribution in [1.29, 1.82) is 0 Å². The number of carboxylic acids is 1. The lowest BCUT2D eigenvalue weighted by Crippen LogP contribution is -2.38. The molecule has 0 heterocycles.